The second kappa shape index (κ2) is 7.98. The maximum absolute atomic E-state index is 11.6. The smallest absolute Gasteiger partial charge is 0.410 e. The van der Waals surface area contributed by atoms with E-state index >= 15 is 0 Å². The average Bonchev–Trinajstić information content (AvgIpc) is 2.39. The van der Waals surface area contributed by atoms with Crippen LogP contribution in [0.3, 0.4) is 0 Å². The van der Waals surface area contributed by atoms with Crippen LogP contribution >= 0.6 is 0 Å². The molecule has 21 heavy (non-hydrogen) atoms. The molecule has 0 atom stereocenters. The summed E-state index contributed by atoms with van der Waals surface area (Å²) in [6.07, 6.45) is 3.32. The first-order chi connectivity index (χ1) is 9.78. The van der Waals surface area contributed by atoms with Crippen LogP contribution in [0.15, 0.2) is 24.4 Å². The Morgan fingerprint density at radius 2 is 1.95 bits per heavy atom. The van der Waals surface area contributed by atoms with Gasteiger partial charge in [0.05, 0.1) is 0 Å². The van der Waals surface area contributed by atoms with Crippen LogP contribution in [0.2, 0.25) is 0 Å². The van der Waals surface area contributed by atoms with Gasteiger partial charge in [-0.05, 0) is 52.7 Å². The lowest BCUT2D eigenvalue weighted by molar-refractivity contribution is 0.0207. The highest BCUT2D eigenvalue weighted by Crippen LogP contribution is 2.14. The van der Waals surface area contributed by atoms with E-state index < -0.39 is 5.60 Å². The van der Waals surface area contributed by atoms with E-state index in [0.29, 0.717) is 0 Å². The van der Waals surface area contributed by atoms with Gasteiger partial charge in [0.2, 0.25) is 0 Å². The van der Waals surface area contributed by atoms with Crippen molar-refractivity contribution in [1.82, 2.24) is 9.88 Å². The topological polar surface area (TPSA) is 68.5 Å². The van der Waals surface area contributed by atoms with Crippen LogP contribution in [0, 0.1) is 6.92 Å². The molecule has 0 spiro atoms. The molecule has 5 nitrogen and oxygen atoms in total. The van der Waals surface area contributed by atoms with Gasteiger partial charge < -0.3 is 15.4 Å². The number of hydrogen-bond acceptors (Lipinski definition) is 4. The molecule has 2 N–H and O–H groups in total. The van der Waals surface area contributed by atoms with Crippen LogP contribution in [0.25, 0.3) is 0 Å². The van der Waals surface area contributed by atoms with Gasteiger partial charge in [0.25, 0.3) is 0 Å². The third-order valence-corrected chi connectivity index (χ3v) is 3.00. The molecule has 0 radical (unpaired) electrons. The fraction of sp³-hybridized carbons (Fsp3) is 0.625. The van der Waals surface area contributed by atoms with Crippen molar-refractivity contribution in [3.63, 3.8) is 0 Å². The van der Waals surface area contributed by atoms with Crippen molar-refractivity contribution in [3.8, 4) is 0 Å². The summed E-state index contributed by atoms with van der Waals surface area (Å²) in [4.78, 5) is 17.3. The summed E-state index contributed by atoms with van der Waals surface area (Å²) in [5, 5.41) is 0. The molecule has 2 heterocycles. The molecule has 1 fully saturated rings. The van der Waals surface area contributed by atoms with Crippen molar-refractivity contribution in [2.24, 2.45) is 5.73 Å². The number of carbonyl (C=O) groups is 1. The minimum atomic E-state index is -0.406. The first kappa shape index (κ1) is 17.4. The highest BCUT2D eigenvalue weighted by atomic mass is 16.6. The molecule has 0 aliphatic carbocycles. The molecular formula is C16H27N3O2. The zero-order chi connectivity index (χ0) is 15.9. The second-order valence-electron chi connectivity index (χ2n) is 6.28. The lowest BCUT2D eigenvalue weighted by Crippen LogP contribution is -2.44. The Hall–Kier alpha value is -1.62. The van der Waals surface area contributed by atoms with Gasteiger partial charge in [-0.3, -0.25) is 4.98 Å². The maximum atomic E-state index is 11.6. The number of hydrogen-bond donors (Lipinski definition) is 1. The van der Waals surface area contributed by atoms with Gasteiger partial charge in [0, 0.05) is 31.0 Å². The Bertz CT molecular complexity index is 421. The van der Waals surface area contributed by atoms with Crippen molar-refractivity contribution in [2.45, 2.75) is 52.2 Å². The molecular weight excluding hydrogens is 266 g/mol. The highest BCUT2D eigenvalue weighted by molar-refractivity contribution is 5.68. The van der Waals surface area contributed by atoms with E-state index in [1.807, 2.05) is 45.9 Å². The average molecular weight is 293 g/mol. The molecule has 1 aliphatic heterocycles. The summed E-state index contributed by atoms with van der Waals surface area (Å²) in [5.74, 6) is 0. The summed E-state index contributed by atoms with van der Waals surface area (Å²) in [6.45, 7) is 9.04. The molecule has 1 aliphatic rings. The standard InChI is InChI=1S/C10H20N2O2.C6H7N/c1-10(2,3)14-9(13)12-6-4-8(11)5-7-12;1-6-4-2-3-5-7-6/h8H,4-7,11H2,1-3H3;2-5H,1H3. The van der Waals surface area contributed by atoms with Gasteiger partial charge in [0.1, 0.15) is 5.60 Å². The van der Waals surface area contributed by atoms with Crippen LogP contribution in [0.5, 0.6) is 0 Å². The minimum absolute atomic E-state index is 0.218. The Balaban J connectivity index is 0.000000262. The van der Waals surface area contributed by atoms with Gasteiger partial charge in [0.15, 0.2) is 0 Å². The second-order valence-corrected chi connectivity index (χ2v) is 6.28. The lowest BCUT2D eigenvalue weighted by atomic mass is 10.1. The molecule has 2 rings (SSSR count). The number of nitrogens with zero attached hydrogens (tertiary/aromatic N) is 2. The number of nitrogens with two attached hydrogens (primary N) is 1. The number of amides is 1. The zero-order valence-corrected chi connectivity index (χ0v) is 13.5. The van der Waals surface area contributed by atoms with Gasteiger partial charge in [-0.25, -0.2) is 4.79 Å². The first-order valence-electron chi connectivity index (χ1n) is 7.39. The highest BCUT2D eigenvalue weighted by Gasteiger charge is 2.25. The molecule has 1 amide bonds. The fourth-order valence-corrected chi connectivity index (χ4v) is 1.86. The quantitative estimate of drug-likeness (QED) is 0.798. The molecule has 1 aromatic heterocycles. The Morgan fingerprint density at radius 3 is 2.33 bits per heavy atom. The number of ether oxygens (including phenoxy) is 1. The van der Waals surface area contributed by atoms with Crippen LogP contribution in [0.4, 0.5) is 4.79 Å². The predicted octanol–water partition coefficient (Wildman–Crippen LogP) is 2.73. The Kier molecular flexibility index (Phi) is 6.62. The van der Waals surface area contributed by atoms with E-state index in [4.69, 9.17) is 10.5 Å². The van der Waals surface area contributed by atoms with Gasteiger partial charge in [-0.15, -0.1) is 0 Å². The first-order valence-corrected chi connectivity index (χ1v) is 7.39. The Labute approximate surface area is 127 Å². The number of likely N-dealkylation sites (tertiary alicyclic amines) is 1. The number of aryl methyl sites for hydroxylation is 1. The normalized spacial score (nSPS) is 16.0. The predicted molar refractivity (Wildman–Crippen MR) is 84.0 cm³/mol. The molecule has 0 unspecified atom stereocenters. The van der Waals surface area contributed by atoms with Crippen LogP contribution in [-0.4, -0.2) is 40.7 Å². The largest absolute Gasteiger partial charge is 0.444 e. The number of piperidine rings is 1. The van der Waals surface area contributed by atoms with Crippen LogP contribution in [-0.2, 0) is 4.74 Å². The van der Waals surface area contributed by atoms with Crippen molar-refractivity contribution < 1.29 is 9.53 Å². The van der Waals surface area contributed by atoms with Gasteiger partial charge in [-0.2, -0.15) is 0 Å². The number of rotatable bonds is 0. The van der Waals surface area contributed by atoms with E-state index in [-0.39, 0.29) is 12.1 Å². The molecule has 0 saturated carbocycles. The lowest BCUT2D eigenvalue weighted by Gasteiger charge is -2.32. The monoisotopic (exact) mass is 293 g/mol. The molecule has 1 saturated heterocycles. The van der Waals surface area contributed by atoms with Crippen LogP contribution in [0.1, 0.15) is 39.3 Å². The SMILES string of the molecule is CC(C)(C)OC(=O)N1CCC(N)CC1.Cc1ccccn1. The molecule has 118 valence electrons. The van der Waals surface area contributed by atoms with E-state index in [1.165, 1.54) is 0 Å². The summed E-state index contributed by atoms with van der Waals surface area (Å²) in [6, 6.07) is 6.10. The summed E-state index contributed by atoms with van der Waals surface area (Å²) in [5.41, 5.74) is 6.41. The van der Waals surface area contributed by atoms with Crippen molar-refractivity contribution >= 4 is 6.09 Å². The summed E-state index contributed by atoms with van der Waals surface area (Å²) in [7, 11) is 0. The number of pyridine rings is 1. The third kappa shape index (κ3) is 7.66. The van der Waals surface area contributed by atoms with Crippen molar-refractivity contribution in [1.29, 1.82) is 0 Å². The van der Waals surface area contributed by atoms with E-state index in [1.54, 1.807) is 11.1 Å². The van der Waals surface area contributed by atoms with Crippen molar-refractivity contribution in [3.05, 3.63) is 30.1 Å². The maximum Gasteiger partial charge on any atom is 0.410 e. The fourth-order valence-electron chi connectivity index (χ4n) is 1.86. The summed E-state index contributed by atoms with van der Waals surface area (Å²) < 4.78 is 5.26. The van der Waals surface area contributed by atoms with E-state index in [0.717, 1.165) is 31.6 Å². The zero-order valence-electron chi connectivity index (χ0n) is 13.5. The minimum Gasteiger partial charge on any atom is -0.444 e. The summed E-state index contributed by atoms with van der Waals surface area (Å²) >= 11 is 0. The van der Waals surface area contributed by atoms with E-state index in [9.17, 15) is 4.79 Å². The third-order valence-electron chi connectivity index (χ3n) is 3.00. The molecule has 1 aromatic rings. The van der Waals surface area contributed by atoms with Gasteiger partial charge >= 0.3 is 6.09 Å². The molecule has 5 heteroatoms. The molecule has 0 aromatic carbocycles. The molecule has 0 bridgehead atoms. The van der Waals surface area contributed by atoms with Crippen molar-refractivity contribution in [2.75, 3.05) is 13.1 Å². The Morgan fingerprint density at radius 1 is 1.33 bits per heavy atom. The number of aromatic nitrogens is 1. The van der Waals surface area contributed by atoms with E-state index in [2.05, 4.69) is 4.98 Å². The van der Waals surface area contributed by atoms with Gasteiger partial charge in [-0.1, -0.05) is 6.07 Å². The number of carbonyl (C=O) groups excluding carboxylic acids is 1. The van der Waals surface area contributed by atoms with Crippen LogP contribution < -0.4 is 5.73 Å².